The lowest BCUT2D eigenvalue weighted by atomic mass is 9.93. The van der Waals surface area contributed by atoms with Crippen molar-refractivity contribution in [3.8, 4) is 0 Å². The second kappa shape index (κ2) is 3.97. The number of aromatic nitrogens is 1. The predicted molar refractivity (Wildman–Crippen MR) is 63.1 cm³/mol. The average molecular weight is 200 g/mol. The summed E-state index contributed by atoms with van der Waals surface area (Å²) in [5.41, 5.74) is 3.41. The molecule has 1 aromatic rings. The zero-order chi connectivity index (χ0) is 10.8. The van der Waals surface area contributed by atoms with Crippen LogP contribution in [0.5, 0.6) is 0 Å². The molecule has 0 N–H and O–H groups in total. The van der Waals surface area contributed by atoms with Crippen LogP contribution >= 0.6 is 0 Å². The van der Waals surface area contributed by atoms with Gasteiger partial charge >= 0.3 is 0 Å². The smallest absolute Gasteiger partial charge is 0.0985 e. The Hall–Kier alpha value is -1.44. The fraction of sp³-hybridized carbons (Fsp3) is 0.385. The monoisotopic (exact) mass is 200 g/mol. The molecule has 0 spiro atoms. The Morgan fingerprint density at radius 3 is 2.80 bits per heavy atom. The van der Waals surface area contributed by atoms with Crippen LogP contribution in [0, 0.1) is 12.8 Å². The molecule has 0 aromatic carbocycles. The first-order chi connectivity index (χ1) is 7.18. The Morgan fingerprint density at radius 2 is 2.07 bits per heavy atom. The van der Waals surface area contributed by atoms with Gasteiger partial charge in [-0.05, 0) is 31.6 Å². The molecule has 0 fully saturated rings. The third-order valence-corrected chi connectivity index (χ3v) is 2.81. The van der Waals surface area contributed by atoms with Crippen molar-refractivity contribution in [1.82, 2.24) is 4.98 Å². The van der Waals surface area contributed by atoms with Gasteiger partial charge in [0.1, 0.15) is 0 Å². The van der Waals surface area contributed by atoms with E-state index in [-0.39, 0.29) is 6.04 Å². The van der Waals surface area contributed by atoms with E-state index in [4.69, 9.17) is 0 Å². The number of nitrogens with zero attached hydrogens (tertiary/aromatic N) is 2. The fourth-order valence-corrected chi connectivity index (χ4v) is 1.89. The molecule has 78 valence electrons. The van der Waals surface area contributed by atoms with Gasteiger partial charge in [0.15, 0.2) is 0 Å². The lowest BCUT2D eigenvalue weighted by Gasteiger charge is -2.22. The summed E-state index contributed by atoms with van der Waals surface area (Å²) in [5.74, 6) is 0.433. The third-order valence-electron chi connectivity index (χ3n) is 2.81. The largest absolute Gasteiger partial charge is 0.280 e. The number of hydrogen-bond acceptors (Lipinski definition) is 2. The second-order valence-electron chi connectivity index (χ2n) is 4.14. The van der Waals surface area contributed by atoms with E-state index in [0.717, 1.165) is 11.4 Å². The van der Waals surface area contributed by atoms with Crippen molar-refractivity contribution >= 4 is 5.71 Å². The minimum absolute atomic E-state index is 0.191. The molecule has 15 heavy (non-hydrogen) atoms. The standard InChI is InChI=1S/C13H16N2/c1-9-5-4-8-14-12(9)13-10(2)6-7-11(3)15-13/h4-8,10,13H,1-3H3. The van der Waals surface area contributed by atoms with Gasteiger partial charge in [0.05, 0.1) is 11.7 Å². The lowest BCUT2D eigenvalue weighted by molar-refractivity contribution is 0.547. The summed E-state index contributed by atoms with van der Waals surface area (Å²) in [7, 11) is 0. The van der Waals surface area contributed by atoms with Crippen LogP contribution in [0.25, 0.3) is 0 Å². The molecule has 2 unspecified atom stereocenters. The summed E-state index contributed by atoms with van der Waals surface area (Å²) in [6, 6.07) is 4.26. The van der Waals surface area contributed by atoms with Gasteiger partial charge in [-0.15, -0.1) is 0 Å². The number of rotatable bonds is 1. The number of hydrogen-bond donors (Lipinski definition) is 0. The van der Waals surface area contributed by atoms with Crippen molar-refractivity contribution in [2.75, 3.05) is 0 Å². The van der Waals surface area contributed by atoms with E-state index >= 15 is 0 Å². The van der Waals surface area contributed by atoms with E-state index in [1.54, 1.807) is 0 Å². The van der Waals surface area contributed by atoms with Crippen LogP contribution in [0.15, 0.2) is 35.5 Å². The number of pyridine rings is 1. The molecule has 2 atom stereocenters. The van der Waals surface area contributed by atoms with Crippen molar-refractivity contribution in [3.05, 3.63) is 41.7 Å². The van der Waals surface area contributed by atoms with Crippen molar-refractivity contribution in [1.29, 1.82) is 0 Å². The summed E-state index contributed by atoms with van der Waals surface area (Å²) in [6.07, 6.45) is 6.14. The topological polar surface area (TPSA) is 25.2 Å². The molecule has 2 nitrogen and oxygen atoms in total. The molecule has 1 aromatic heterocycles. The van der Waals surface area contributed by atoms with Gasteiger partial charge in [-0.3, -0.25) is 9.98 Å². The Morgan fingerprint density at radius 1 is 1.27 bits per heavy atom. The maximum absolute atomic E-state index is 4.66. The normalized spacial score (nSPS) is 25.1. The predicted octanol–water partition coefficient (Wildman–Crippen LogP) is 3.10. The molecule has 0 saturated heterocycles. The van der Waals surface area contributed by atoms with Crippen molar-refractivity contribution in [2.45, 2.75) is 26.8 Å². The molecule has 1 aliphatic heterocycles. The zero-order valence-corrected chi connectivity index (χ0v) is 9.44. The summed E-state index contributed by atoms with van der Waals surface area (Å²) in [4.78, 5) is 9.11. The number of dihydropyridines is 1. The van der Waals surface area contributed by atoms with Gasteiger partial charge < -0.3 is 0 Å². The second-order valence-corrected chi connectivity index (χ2v) is 4.14. The van der Waals surface area contributed by atoms with Crippen molar-refractivity contribution < 1.29 is 0 Å². The van der Waals surface area contributed by atoms with Gasteiger partial charge in [0.25, 0.3) is 0 Å². The molecule has 0 bridgehead atoms. The average Bonchev–Trinajstić information content (AvgIpc) is 2.23. The van der Waals surface area contributed by atoms with E-state index < -0.39 is 0 Å². The molecule has 2 heteroatoms. The number of aliphatic imine (C=N–C) groups is 1. The van der Waals surface area contributed by atoms with Gasteiger partial charge in [-0.1, -0.05) is 19.1 Å². The maximum Gasteiger partial charge on any atom is 0.0985 e. The SMILES string of the molecule is CC1=NC(c2ncccc2C)C(C)C=C1. The molecule has 0 radical (unpaired) electrons. The Kier molecular flexibility index (Phi) is 2.67. The van der Waals surface area contributed by atoms with Crippen LogP contribution in [-0.4, -0.2) is 10.7 Å². The highest BCUT2D eigenvalue weighted by Crippen LogP contribution is 2.30. The zero-order valence-electron chi connectivity index (χ0n) is 9.44. The first kappa shape index (κ1) is 10.1. The van der Waals surface area contributed by atoms with Crippen LogP contribution in [0.2, 0.25) is 0 Å². The highest BCUT2D eigenvalue weighted by Gasteiger charge is 2.21. The van der Waals surface area contributed by atoms with E-state index in [9.17, 15) is 0 Å². The summed E-state index contributed by atoms with van der Waals surface area (Å²) >= 11 is 0. The molecular weight excluding hydrogens is 184 g/mol. The fourth-order valence-electron chi connectivity index (χ4n) is 1.89. The third kappa shape index (κ3) is 1.99. The molecule has 2 rings (SSSR count). The van der Waals surface area contributed by atoms with Crippen LogP contribution in [0.3, 0.4) is 0 Å². The van der Waals surface area contributed by atoms with Crippen LogP contribution in [0.4, 0.5) is 0 Å². The van der Waals surface area contributed by atoms with Gasteiger partial charge in [0.2, 0.25) is 0 Å². The van der Waals surface area contributed by atoms with E-state index in [1.165, 1.54) is 5.56 Å². The van der Waals surface area contributed by atoms with E-state index in [1.807, 2.05) is 19.2 Å². The quantitative estimate of drug-likeness (QED) is 0.683. The van der Waals surface area contributed by atoms with Gasteiger partial charge in [-0.25, -0.2) is 0 Å². The molecule has 0 aliphatic carbocycles. The van der Waals surface area contributed by atoms with E-state index in [2.05, 4.69) is 42.0 Å². The first-order valence-corrected chi connectivity index (χ1v) is 5.32. The summed E-state index contributed by atoms with van der Waals surface area (Å²) < 4.78 is 0. The van der Waals surface area contributed by atoms with Gasteiger partial charge in [0, 0.05) is 17.8 Å². The van der Waals surface area contributed by atoms with Crippen LogP contribution in [-0.2, 0) is 0 Å². The molecule has 0 saturated carbocycles. The highest BCUT2D eigenvalue weighted by molar-refractivity contribution is 5.93. The highest BCUT2D eigenvalue weighted by atomic mass is 14.9. The van der Waals surface area contributed by atoms with E-state index in [0.29, 0.717) is 5.92 Å². The first-order valence-electron chi connectivity index (χ1n) is 5.32. The summed E-state index contributed by atoms with van der Waals surface area (Å²) in [5, 5.41) is 0. The molecular formula is C13H16N2. The Balaban J connectivity index is 2.39. The molecule has 1 aliphatic rings. The minimum atomic E-state index is 0.191. The minimum Gasteiger partial charge on any atom is -0.280 e. The van der Waals surface area contributed by atoms with Crippen molar-refractivity contribution in [2.24, 2.45) is 10.9 Å². The maximum atomic E-state index is 4.66. The van der Waals surface area contributed by atoms with Crippen LogP contribution in [0.1, 0.15) is 31.1 Å². The Bertz CT molecular complexity index is 418. The molecule has 0 amide bonds. The number of allylic oxidation sites excluding steroid dienone is 1. The summed E-state index contributed by atoms with van der Waals surface area (Å²) in [6.45, 7) is 6.32. The van der Waals surface area contributed by atoms with Crippen molar-refractivity contribution in [3.63, 3.8) is 0 Å². The Labute approximate surface area is 90.8 Å². The van der Waals surface area contributed by atoms with Gasteiger partial charge in [-0.2, -0.15) is 0 Å². The van der Waals surface area contributed by atoms with Crippen LogP contribution < -0.4 is 0 Å². The lowest BCUT2D eigenvalue weighted by Crippen LogP contribution is -2.14. The number of aryl methyl sites for hydroxylation is 1. The molecule has 2 heterocycles.